The van der Waals surface area contributed by atoms with Crippen molar-refractivity contribution in [1.82, 2.24) is 4.98 Å². The van der Waals surface area contributed by atoms with Crippen LogP contribution in [0.1, 0.15) is 46.9 Å². The van der Waals surface area contributed by atoms with Gasteiger partial charge in [0.1, 0.15) is 11.1 Å². The number of hydrogen-bond acceptors (Lipinski definition) is 5. The molecule has 1 heterocycles. The van der Waals surface area contributed by atoms with E-state index in [9.17, 15) is 14.9 Å². The molecule has 3 rings (SSSR count). The maximum absolute atomic E-state index is 12.1. The van der Waals surface area contributed by atoms with Gasteiger partial charge in [-0.25, -0.2) is 9.78 Å². The number of pyridine rings is 1. The fraction of sp³-hybridized carbons (Fsp3) is 0.333. The van der Waals surface area contributed by atoms with Crippen LogP contribution in [0.25, 0.3) is 0 Å². The van der Waals surface area contributed by atoms with Crippen LogP contribution in [0.3, 0.4) is 0 Å². The lowest BCUT2D eigenvalue weighted by Gasteiger charge is -2.21. The molecule has 1 aromatic heterocycles. The lowest BCUT2D eigenvalue weighted by molar-refractivity contribution is -0.115. The Morgan fingerprint density at radius 1 is 1.39 bits per heavy atom. The van der Waals surface area contributed by atoms with Crippen LogP contribution >= 0.6 is 11.8 Å². The summed E-state index contributed by atoms with van der Waals surface area (Å²) in [5, 5.41) is 21.8. The number of amides is 1. The molecule has 0 radical (unpaired) electrons. The van der Waals surface area contributed by atoms with E-state index in [0.29, 0.717) is 27.9 Å². The maximum atomic E-state index is 12.1. The molecule has 0 aliphatic heterocycles. The molecule has 6 nitrogen and oxygen atoms in total. The number of nitrogens with zero attached hydrogens (tertiary/aromatic N) is 2. The normalized spacial score (nSPS) is 15.4. The second-order valence-corrected chi connectivity index (χ2v) is 8.02. The molecule has 28 heavy (non-hydrogen) atoms. The quantitative estimate of drug-likeness (QED) is 0.719. The van der Waals surface area contributed by atoms with Crippen LogP contribution in [0, 0.1) is 17.2 Å². The van der Waals surface area contributed by atoms with E-state index in [2.05, 4.69) is 23.3 Å². The SMILES string of the molecule is CC1CCc2nc(SCCC(=O)Nc3cccc(C(=O)O)c3)c(C#N)cc2C1. The molecule has 1 unspecified atom stereocenters. The highest BCUT2D eigenvalue weighted by Gasteiger charge is 2.19. The van der Waals surface area contributed by atoms with Crippen molar-refractivity contribution in [3.05, 3.63) is 52.7 Å². The molecule has 0 spiro atoms. The highest BCUT2D eigenvalue weighted by Crippen LogP contribution is 2.29. The highest BCUT2D eigenvalue weighted by molar-refractivity contribution is 7.99. The number of anilines is 1. The van der Waals surface area contributed by atoms with Crippen LogP contribution in [-0.4, -0.2) is 27.7 Å². The summed E-state index contributed by atoms with van der Waals surface area (Å²) in [5.74, 6) is -0.145. The monoisotopic (exact) mass is 395 g/mol. The number of aromatic nitrogens is 1. The molecule has 144 valence electrons. The summed E-state index contributed by atoms with van der Waals surface area (Å²) >= 11 is 1.40. The molecule has 2 N–H and O–H groups in total. The molecule has 1 atom stereocenters. The summed E-state index contributed by atoms with van der Waals surface area (Å²) in [6, 6.07) is 10.3. The summed E-state index contributed by atoms with van der Waals surface area (Å²) < 4.78 is 0. The van der Waals surface area contributed by atoms with Gasteiger partial charge in [-0.15, -0.1) is 11.8 Å². The topological polar surface area (TPSA) is 103 Å². The Morgan fingerprint density at radius 3 is 2.96 bits per heavy atom. The molecule has 1 amide bonds. The first-order chi connectivity index (χ1) is 13.5. The minimum Gasteiger partial charge on any atom is -0.478 e. The Labute approximate surface area is 168 Å². The number of carbonyl (C=O) groups excluding carboxylic acids is 1. The van der Waals surface area contributed by atoms with E-state index in [-0.39, 0.29) is 17.9 Å². The first-order valence-corrected chi connectivity index (χ1v) is 10.1. The molecule has 0 bridgehead atoms. The number of benzene rings is 1. The van der Waals surface area contributed by atoms with E-state index in [1.165, 1.54) is 23.9 Å². The number of nitrogens with one attached hydrogen (secondary N) is 1. The van der Waals surface area contributed by atoms with Gasteiger partial charge < -0.3 is 10.4 Å². The standard InChI is InChI=1S/C21H21N3O3S/c1-13-5-6-18-15(9-13)10-16(12-22)20(24-18)28-8-7-19(25)23-17-4-2-3-14(11-17)21(26)27/h2-4,10-11,13H,5-9H2,1H3,(H,23,25)(H,26,27). The first kappa shape index (κ1) is 19.9. The number of carboxylic acid groups (broad SMARTS) is 1. The minimum absolute atomic E-state index is 0.124. The van der Waals surface area contributed by atoms with Crippen LogP contribution in [0.15, 0.2) is 35.4 Å². The summed E-state index contributed by atoms with van der Waals surface area (Å²) in [5.41, 5.74) is 3.37. The third-order valence-corrected chi connectivity index (χ3v) is 5.67. The first-order valence-electron chi connectivity index (χ1n) is 9.15. The largest absolute Gasteiger partial charge is 0.478 e. The van der Waals surface area contributed by atoms with E-state index < -0.39 is 5.97 Å². The van der Waals surface area contributed by atoms with Crippen LogP contribution in [0.2, 0.25) is 0 Å². The number of carbonyl (C=O) groups is 2. The number of hydrogen-bond donors (Lipinski definition) is 2. The van der Waals surface area contributed by atoms with Gasteiger partial charge in [0.25, 0.3) is 0 Å². The van der Waals surface area contributed by atoms with Gasteiger partial charge in [0.2, 0.25) is 5.91 Å². The number of carboxylic acids is 1. The molecular formula is C21H21N3O3S. The lowest BCUT2D eigenvalue weighted by Crippen LogP contribution is -2.14. The van der Waals surface area contributed by atoms with Gasteiger partial charge >= 0.3 is 5.97 Å². The zero-order chi connectivity index (χ0) is 20.1. The fourth-order valence-corrected chi connectivity index (χ4v) is 4.13. The summed E-state index contributed by atoms with van der Waals surface area (Å²) in [7, 11) is 0. The average Bonchev–Trinajstić information content (AvgIpc) is 2.67. The minimum atomic E-state index is -1.04. The number of nitriles is 1. The lowest BCUT2D eigenvalue weighted by atomic mass is 9.87. The molecular weight excluding hydrogens is 374 g/mol. The molecule has 1 aromatic carbocycles. The third-order valence-electron chi connectivity index (χ3n) is 4.68. The van der Waals surface area contributed by atoms with Gasteiger partial charge in [-0.05, 0) is 55.0 Å². The van der Waals surface area contributed by atoms with Gasteiger partial charge in [-0.3, -0.25) is 4.79 Å². The Hall–Kier alpha value is -2.85. The highest BCUT2D eigenvalue weighted by atomic mass is 32.2. The van der Waals surface area contributed by atoms with Gasteiger partial charge in [0.15, 0.2) is 0 Å². The van der Waals surface area contributed by atoms with Crippen molar-refractivity contribution in [2.45, 2.75) is 37.6 Å². The van der Waals surface area contributed by atoms with Crippen molar-refractivity contribution in [2.75, 3.05) is 11.1 Å². The smallest absolute Gasteiger partial charge is 0.335 e. The van der Waals surface area contributed by atoms with Crippen LogP contribution in [0.5, 0.6) is 0 Å². The Morgan fingerprint density at radius 2 is 2.21 bits per heavy atom. The third kappa shape index (κ3) is 4.90. The van der Waals surface area contributed by atoms with Crippen LogP contribution in [-0.2, 0) is 17.6 Å². The predicted octanol–water partition coefficient (Wildman–Crippen LogP) is 3.90. The van der Waals surface area contributed by atoms with Gasteiger partial charge in [0, 0.05) is 23.6 Å². The zero-order valence-corrected chi connectivity index (χ0v) is 16.4. The van der Waals surface area contributed by atoms with Crippen molar-refractivity contribution < 1.29 is 14.7 Å². The fourth-order valence-electron chi connectivity index (χ4n) is 3.21. The van der Waals surface area contributed by atoms with E-state index in [1.54, 1.807) is 12.1 Å². The number of rotatable bonds is 6. The molecule has 2 aromatic rings. The number of thioether (sulfide) groups is 1. The van der Waals surface area contributed by atoms with Crippen molar-refractivity contribution in [2.24, 2.45) is 5.92 Å². The molecule has 1 aliphatic carbocycles. The molecule has 7 heteroatoms. The van der Waals surface area contributed by atoms with E-state index >= 15 is 0 Å². The van der Waals surface area contributed by atoms with Gasteiger partial charge in [0.05, 0.1) is 11.1 Å². The molecule has 0 saturated heterocycles. The molecule has 1 aliphatic rings. The van der Waals surface area contributed by atoms with Crippen molar-refractivity contribution in [1.29, 1.82) is 5.26 Å². The summed E-state index contributed by atoms with van der Waals surface area (Å²) in [6.07, 6.45) is 3.23. The summed E-state index contributed by atoms with van der Waals surface area (Å²) in [6.45, 7) is 2.21. The Balaban J connectivity index is 1.59. The predicted molar refractivity (Wildman–Crippen MR) is 108 cm³/mol. The van der Waals surface area contributed by atoms with Crippen molar-refractivity contribution in [3.8, 4) is 6.07 Å². The molecule has 0 fully saturated rings. The van der Waals surface area contributed by atoms with Gasteiger partial charge in [-0.1, -0.05) is 13.0 Å². The van der Waals surface area contributed by atoms with E-state index in [1.807, 2.05) is 6.07 Å². The Bertz CT molecular complexity index is 952. The van der Waals surface area contributed by atoms with E-state index in [4.69, 9.17) is 5.11 Å². The average molecular weight is 395 g/mol. The zero-order valence-electron chi connectivity index (χ0n) is 15.6. The second kappa shape index (κ2) is 8.89. The molecule has 0 saturated carbocycles. The second-order valence-electron chi connectivity index (χ2n) is 6.94. The van der Waals surface area contributed by atoms with Gasteiger partial charge in [-0.2, -0.15) is 5.26 Å². The van der Waals surface area contributed by atoms with Crippen molar-refractivity contribution in [3.63, 3.8) is 0 Å². The number of fused-ring (bicyclic) bond motifs is 1. The number of aryl methyl sites for hydroxylation is 1. The van der Waals surface area contributed by atoms with Crippen molar-refractivity contribution >= 4 is 29.3 Å². The van der Waals surface area contributed by atoms with Crippen LogP contribution in [0.4, 0.5) is 5.69 Å². The summed E-state index contributed by atoms with van der Waals surface area (Å²) in [4.78, 5) is 27.8. The van der Waals surface area contributed by atoms with E-state index in [0.717, 1.165) is 30.5 Å². The number of aromatic carboxylic acids is 1. The van der Waals surface area contributed by atoms with Crippen LogP contribution < -0.4 is 5.32 Å². The Kier molecular flexibility index (Phi) is 6.32. The maximum Gasteiger partial charge on any atom is 0.335 e.